The zero-order chi connectivity index (χ0) is 15.3. The molecule has 2 aliphatic rings. The van der Waals surface area contributed by atoms with E-state index in [-0.39, 0.29) is 6.04 Å². The van der Waals surface area contributed by atoms with Crippen molar-refractivity contribution in [2.24, 2.45) is 5.92 Å². The van der Waals surface area contributed by atoms with Gasteiger partial charge in [-0.3, -0.25) is 0 Å². The molecule has 0 saturated carbocycles. The fourth-order valence-corrected chi connectivity index (χ4v) is 4.55. The Morgan fingerprint density at radius 3 is 2.68 bits per heavy atom. The van der Waals surface area contributed by atoms with E-state index in [1.54, 1.807) is 0 Å². The number of anilines is 1. The van der Waals surface area contributed by atoms with Crippen molar-refractivity contribution in [3.8, 4) is 0 Å². The Balaban J connectivity index is 1.87. The Hall–Kier alpha value is -0.960. The topological polar surface area (TPSA) is 12.0 Å². The highest BCUT2D eigenvalue weighted by Crippen LogP contribution is 2.53. The van der Waals surface area contributed by atoms with Crippen molar-refractivity contribution < 1.29 is 0 Å². The molecule has 0 fully saturated rings. The second-order valence-corrected chi connectivity index (χ2v) is 7.46. The largest absolute Gasteiger partial charge is 0.376 e. The number of rotatable bonds is 1. The van der Waals surface area contributed by atoms with Crippen LogP contribution in [0.25, 0.3) is 0 Å². The predicted octanol–water partition coefficient (Wildman–Crippen LogP) is 6.58. The molecule has 1 aliphatic carbocycles. The van der Waals surface area contributed by atoms with Crippen LogP contribution in [-0.2, 0) is 0 Å². The molecule has 1 heterocycles. The van der Waals surface area contributed by atoms with Gasteiger partial charge in [0.2, 0.25) is 0 Å². The normalized spacial score (nSPS) is 25.5. The molecule has 0 aromatic heterocycles. The summed E-state index contributed by atoms with van der Waals surface area (Å²) in [5, 5.41) is 4.87. The first kappa shape index (κ1) is 14.6. The Morgan fingerprint density at radius 2 is 1.86 bits per heavy atom. The van der Waals surface area contributed by atoms with Gasteiger partial charge in [0.25, 0.3) is 0 Å². The van der Waals surface area contributed by atoms with E-state index in [0.29, 0.717) is 21.9 Å². The molecule has 0 amide bonds. The first-order valence-electron chi connectivity index (χ1n) is 7.32. The summed E-state index contributed by atoms with van der Waals surface area (Å²) >= 11 is 16.4. The summed E-state index contributed by atoms with van der Waals surface area (Å²) in [6.07, 6.45) is 5.65. The highest BCUT2D eigenvalue weighted by Gasteiger charge is 2.39. The van der Waals surface area contributed by atoms with Crippen LogP contribution in [0.4, 0.5) is 5.69 Å². The second kappa shape index (κ2) is 5.59. The lowest BCUT2D eigenvalue weighted by atomic mass is 9.77. The molecule has 1 N–H and O–H groups in total. The predicted molar refractivity (Wildman–Crippen MR) is 97.0 cm³/mol. The highest BCUT2D eigenvalue weighted by molar-refractivity contribution is 9.10. The molecule has 3 unspecified atom stereocenters. The van der Waals surface area contributed by atoms with Crippen molar-refractivity contribution in [1.29, 1.82) is 0 Å². The number of allylic oxidation sites excluding steroid dienone is 2. The zero-order valence-electron chi connectivity index (χ0n) is 11.7. The highest BCUT2D eigenvalue weighted by atomic mass is 79.9. The van der Waals surface area contributed by atoms with Crippen LogP contribution in [0.3, 0.4) is 0 Å². The lowest BCUT2D eigenvalue weighted by Gasteiger charge is -2.38. The van der Waals surface area contributed by atoms with Gasteiger partial charge >= 0.3 is 0 Å². The molecule has 0 saturated heterocycles. The smallest absolute Gasteiger partial charge is 0.0826 e. The van der Waals surface area contributed by atoms with E-state index >= 15 is 0 Å². The number of hydrogen-bond donors (Lipinski definition) is 1. The number of fused-ring (bicyclic) bond motifs is 3. The van der Waals surface area contributed by atoms with E-state index in [0.717, 1.165) is 16.6 Å². The summed E-state index contributed by atoms with van der Waals surface area (Å²) in [6.45, 7) is 0. The molecular weight excluding hydrogens is 381 g/mol. The van der Waals surface area contributed by atoms with Crippen LogP contribution >= 0.6 is 39.1 Å². The van der Waals surface area contributed by atoms with Crippen LogP contribution in [0.5, 0.6) is 0 Å². The third-order valence-corrected chi connectivity index (χ3v) is 6.19. The average Bonchev–Trinajstić information content (AvgIpc) is 3.00. The van der Waals surface area contributed by atoms with E-state index in [1.165, 1.54) is 11.1 Å². The van der Waals surface area contributed by atoms with Crippen LogP contribution in [0, 0.1) is 5.92 Å². The van der Waals surface area contributed by atoms with E-state index < -0.39 is 0 Å². The van der Waals surface area contributed by atoms with Crippen molar-refractivity contribution in [2.45, 2.75) is 18.4 Å². The van der Waals surface area contributed by atoms with Crippen LogP contribution < -0.4 is 5.32 Å². The van der Waals surface area contributed by atoms with Crippen molar-refractivity contribution in [3.63, 3.8) is 0 Å². The first-order chi connectivity index (χ1) is 10.7. The fraction of sp³-hybridized carbons (Fsp3) is 0.222. The first-order valence-corrected chi connectivity index (χ1v) is 8.87. The summed E-state index contributed by atoms with van der Waals surface area (Å²) in [6, 6.07) is 12.6. The molecule has 2 aromatic carbocycles. The third kappa shape index (κ3) is 2.20. The Labute approximate surface area is 148 Å². The molecule has 22 heavy (non-hydrogen) atoms. The van der Waals surface area contributed by atoms with Gasteiger partial charge in [-0.2, -0.15) is 0 Å². The maximum absolute atomic E-state index is 6.46. The minimum absolute atomic E-state index is 0.221. The number of halogens is 3. The fourth-order valence-electron chi connectivity index (χ4n) is 3.64. The molecule has 4 rings (SSSR count). The molecular formula is C18H14BrCl2N. The van der Waals surface area contributed by atoms with Crippen molar-refractivity contribution in [1.82, 2.24) is 0 Å². The number of hydrogen-bond acceptors (Lipinski definition) is 1. The van der Waals surface area contributed by atoms with Gasteiger partial charge in [0.05, 0.1) is 21.8 Å². The Morgan fingerprint density at radius 1 is 1.05 bits per heavy atom. The van der Waals surface area contributed by atoms with Gasteiger partial charge in [0, 0.05) is 10.4 Å². The molecule has 2 aromatic rings. The summed E-state index contributed by atoms with van der Waals surface area (Å²) in [5.41, 5.74) is 3.49. The standard InChI is InChI=1S/C18H14BrCl2N/c19-14-7-2-1-4-13(14)17-11-6-3-5-10(11)12-8-9-15(20)16(21)18(12)22-17/h1-5,7-11,17,22H,6H2. The maximum atomic E-state index is 6.46. The number of benzene rings is 2. The van der Waals surface area contributed by atoms with E-state index in [9.17, 15) is 0 Å². The van der Waals surface area contributed by atoms with Crippen molar-refractivity contribution in [2.75, 3.05) is 5.32 Å². The molecule has 0 bridgehead atoms. The average molecular weight is 395 g/mol. The molecule has 4 heteroatoms. The van der Waals surface area contributed by atoms with Gasteiger partial charge in [-0.1, -0.05) is 75.5 Å². The minimum atomic E-state index is 0.221. The van der Waals surface area contributed by atoms with Crippen molar-refractivity contribution in [3.05, 3.63) is 74.2 Å². The Bertz CT molecular complexity index is 772. The molecule has 3 atom stereocenters. The van der Waals surface area contributed by atoms with Crippen LogP contribution in [0.1, 0.15) is 29.5 Å². The molecule has 1 aliphatic heterocycles. The summed E-state index contributed by atoms with van der Waals surface area (Å²) in [4.78, 5) is 0. The zero-order valence-corrected chi connectivity index (χ0v) is 14.8. The molecule has 1 nitrogen and oxygen atoms in total. The molecule has 112 valence electrons. The Kier molecular flexibility index (Phi) is 3.72. The van der Waals surface area contributed by atoms with Gasteiger partial charge in [-0.05, 0) is 35.6 Å². The SMILES string of the molecule is Clc1ccc2c(c1Cl)NC(c1ccccc1Br)C1CC=CC21. The lowest BCUT2D eigenvalue weighted by molar-refractivity contribution is 0.424. The lowest BCUT2D eigenvalue weighted by Crippen LogP contribution is -2.29. The molecule has 0 radical (unpaired) electrons. The summed E-state index contributed by atoms with van der Waals surface area (Å²) in [5.74, 6) is 0.895. The van der Waals surface area contributed by atoms with Crippen LogP contribution in [0.2, 0.25) is 10.0 Å². The van der Waals surface area contributed by atoms with Gasteiger partial charge in [0.1, 0.15) is 0 Å². The third-order valence-electron chi connectivity index (χ3n) is 4.67. The summed E-state index contributed by atoms with van der Waals surface area (Å²) in [7, 11) is 0. The second-order valence-electron chi connectivity index (χ2n) is 5.82. The van der Waals surface area contributed by atoms with Gasteiger partial charge in [0.15, 0.2) is 0 Å². The van der Waals surface area contributed by atoms with Crippen LogP contribution in [-0.4, -0.2) is 0 Å². The van der Waals surface area contributed by atoms with E-state index in [2.05, 4.69) is 57.7 Å². The van der Waals surface area contributed by atoms with Gasteiger partial charge < -0.3 is 5.32 Å². The van der Waals surface area contributed by atoms with Gasteiger partial charge in [-0.25, -0.2) is 0 Å². The number of nitrogens with one attached hydrogen (secondary N) is 1. The molecule has 0 spiro atoms. The minimum Gasteiger partial charge on any atom is -0.376 e. The van der Waals surface area contributed by atoms with Gasteiger partial charge in [-0.15, -0.1) is 0 Å². The maximum Gasteiger partial charge on any atom is 0.0826 e. The van der Waals surface area contributed by atoms with E-state index in [1.807, 2.05) is 12.1 Å². The summed E-state index contributed by atoms with van der Waals surface area (Å²) < 4.78 is 1.12. The van der Waals surface area contributed by atoms with Crippen LogP contribution in [0.15, 0.2) is 53.0 Å². The monoisotopic (exact) mass is 393 g/mol. The van der Waals surface area contributed by atoms with E-state index in [4.69, 9.17) is 23.2 Å². The quantitative estimate of drug-likeness (QED) is 0.538. The van der Waals surface area contributed by atoms with Crippen molar-refractivity contribution >= 4 is 44.8 Å².